The summed E-state index contributed by atoms with van der Waals surface area (Å²) in [6.45, 7) is 7.03. The third kappa shape index (κ3) is 2.43. The molecule has 1 aromatic carbocycles. The first-order chi connectivity index (χ1) is 11.2. The van der Waals surface area contributed by atoms with Crippen molar-refractivity contribution in [3.8, 4) is 11.5 Å². The Hall–Kier alpha value is -1.23. The zero-order chi connectivity index (χ0) is 17.7. The molecule has 2 bridgehead atoms. The zero-order valence-corrected chi connectivity index (χ0v) is 16.6. The smallest absolute Gasteiger partial charge is 0.251 e. The van der Waals surface area contributed by atoms with Crippen molar-refractivity contribution in [3.63, 3.8) is 0 Å². The maximum Gasteiger partial charge on any atom is 0.251 e. The second kappa shape index (κ2) is 5.94. The fraction of sp³-hybridized carbons (Fsp3) is 0.632. The van der Waals surface area contributed by atoms with Crippen LogP contribution in [-0.4, -0.2) is 26.2 Å². The number of fused-ring (bicyclic) bond motifs is 2. The van der Waals surface area contributed by atoms with Gasteiger partial charge in [0.2, 0.25) is 0 Å². The minimum atomic E-state index is -0.0614. The fourth-order valence-corrected chi connectivity index (χ4v) is 5.22. The SMILES string of the molecule is COc1cc(C(=O)NC2CC3CCC2(C)C3(C)C)cc(OC)c1Br. The molecule has 24 heavy (non-hydrogen) atoms. The molecule has 132 valence electrons. The highest BCUT2D eigenvalue weighted by molar-refractivity contribution is 9.10. The summed E-state index contributed by atoms with van der Waals surface area (Å²) in [6, 6.07) is 3.73. The molecule has 1 aromatic rings. The third-order valence-electron chi connectivity index (χ3n) is 6.81. The average molecular weight is 396 g/mol. The zero-order valence-electron chi connectivity index (χ0n) is 15.0. The number of amides is 1. The van der Waals surface area contributed by atoms with Crippen LogP contribution in [0.5, 0.6) is 11.5 Å². The summed E-state index contributed by atoms with van der Waals surface area (Å²) in [5.74, 6) is 1.83. The number of benzene rings is 1. The Morgan fingerprint density at radius 3 is 2.21 bits per heavy atom. The molecule has 3 unspecified atom stereocenters. The van der Waals surface area contributed by atoms with Gasteiger partial charge in [-0.1, -0.05) is 20.8 Å². The number of rotatable bonds is 4. The predicted molar refractivity (Wildman–Crippen MR) is 97.7 cm³/mol. The molecule has 0 heterocycles. The van der Waals surface area contributed by atoms with E-state index < -0.39 is 0 Å². The maximum atomic E-state index is 12.8. The lowest BCUT2D eigenvalue weighted by molar-refractivity contribution is 0.0825. The second-order valence-corrected chi connectivity index (χ2v) is 8.62. The molecule has 1 N–H and O–H groups in total. The van der Waals surface area contributed by atoms with Crippen molar-refractivity contribution < 1.29 is 14.3 Å². The van der Waals surface area contributed by atoms with Crippen LogP contribution in [0.4, 0.5) is 0 Å². The van der Waals surface area contributed by atoms with Gasteiger partial charge in [0.1, 0.15) is 16.0 Å². The lowest BCUT2D eigenvalue weighted by Gasteiger charge is -2.39. The van der Waals surface area contributed by atoms with Gasteiger partial charge in [-0.05, 0) is 64.1 Å². The number of hydrogen-bond donors (Lipinski definition) is 1. The molecule has 0 spiro atoms. The normalized spacial score (nSPS) is 30.2. The number of carbonyl (C=O) groups is 1. The average Bonchev–Trinajstić information content (AvgIpc) is 2.88. The summed E-state index contributed by atoms with van der Waals surface area (Å²) < 4.78 is 11.4. The monoisotopic (exact) mass is 395 g/mol. The van der Waals surface area contributed by atoms with Crippen LogP contribution in [0.25, 0.3) is 0 Å². The van der Waals surface area contributed by atoms with Crippen LogP contribution in [0, 0.1) is 16.7 Å². The molecule has 4 nitrogen and oxygen atoms in total. The number of ether oxygens (including phenoxy) is 2. The van der Waals surface area contributed by atoms with Gasteiger partial charge >= 0.3 is 0 Å². The summed E-state index contributed by atoms with van der Waals surface area (Å²) in [5, 5.41) is 3.28. The fourth-order valence-electron chi connectivity index (χ4n) is 4.66. The Kier molecular flexibility index (Phi) is 4.35. The van der Waals surface area contributed by atoms with E-state index >= 15 is 0 Å². The van der Waals surface area contributed by atoms with E-state index in [0.717, 1.165) is 10.9 Å². The van der Waals surface area contributed by atoms with E-state index in [1.54, 1.807) is 26.4 Å². The first kappa shape index (κ1) is 17.6. The Morgan fingerprint density at radius 2 is 1.79 bits per heavy atom. The molecular formula is C19H26BrNO3. The van der Waals surface area contributed by atoms with Gasteiger partial charge in [0.05, 0.1) is 14.2 Å². The van der Waals surface area contributed by atoms with Gasteiger partial charge in [-0.15, -0.1) is 0 Å². The van der Waals surface area contributed by atoms with Crippen LogP contribution in [0.2, 0.25) is 0 Å². The van der Waals surface area contributed by atoms with Gasteiger partial charge in [-0.25, -0.2) is 0 Å². The number of methoxy groups -OCH3 is 2. The van der Waals surface area contributed by atoms with Crippen molar-refractivity contribution in [3.05, 3.63) is 22.2 Å². The molecule has 2 aliphatic rings. The van der Waals surface area contributed by atoms with E-state index in [-0.39, 0.29) is 22.8 Å². The first-order valence-corrected chi connectivity index (χ1v) is 9.26. The van der Waals surface area contributed by atoms with Crippen molar-refractivity contribution in [2.45, 2.75) is 46.1 Å². The predicted octanol–water partition coefficient (Wildman–Crippen LogP) is 4.41. The van der Waals surface area contributed by atoms with Crippen molar-refractivity contribution in [1.29, 1.82) is 0 Å². The van der Waals surface area contributed by atoms with E-state index in [1.165, 1.54) is 12.8 Å². The summed E-state index contributed by atoms with van der Waals surface area (Å²) in [7, 11) is 3.17. The number of hydrogen-bond acceptors (Lipinski definition) is 3. The number of nitrogens with one attached hydrogen (secondary N) is 1. The standard InChI is InChI=1S/C19H26BrNO3/c1-18(2)12-6-7-19(18,3)15(10-12)21-17(22)11-8-13(23-4)16(20)14(9-11)24-5/h8-9,12,15H,6-7,10H2,1-5H3,(H,21,22). The molecule has 1 amide bonds. The van der Waals surface area contributed by atoms with Crippen molar-refractivity contribution in [2.24, 2.45) is 16.7 Å². The third-order valence-corrected chi connectivity index (χ3v) is 7.59. The molecule has 5 heteroatoms. The number of halogens is 1. The van der Waals surface area contributed by atoms with Crippen LogP contribution in [-0.2, 0) is 0 Å². The Labute approximate surface area is 152 Å². The van der Waals surface area contributed by atoms with Gasteiger partial charge in [0, 0.05) is 11.6 Å². The largest absolute Gasteiger partial charge is 0.495 e. The van der Waals surface area contributed by atoms with E-state index in [4.69, 9.17) is 9.47 Å². The molecular weight excluding hydrogens is 370 g/mol. The van der Waals surface area contributed by atoms with Gasteiger partial charge in [0.25, 0.3) is 5.91 Å². The Balaban J connectivity index is 1.84. The van der Waals surface area contributed by atoms with Gasteiger partial charge in [0.15, 0.2) is 0 Å². The molecule has 2 saturated carbocycles. The van der Waals surface area contributed by atoms with Crippen LogP contribution < -0.4 is 14.8 Å². The molecule has 3 atom stereocenters. The van der Waals surface area contributed by atoms with Crippen LogP contribution in [0.3, 0.4) is 0 Å². The molecule has 2 fully saturated rings. The molecule has 0 saturated heterocycles. The van der Waals surface area contributed by atoms with E-state index in [9.17, 15) is 4.79 Å². The van der Waals surface area contributed by atoms with Crippen LogP contribution >= 0.6 is 15.9 Å². The molecule has 0 aliphatic heterocycles. The lowest BCUT2D eigenvalue weighted by atomic mass is 9.69. The minimum absolute atomic E-state index is 0.0614. The highest BCUT2D eigenvalue weighted by Crippen LogP contribution is 2.65. The van der Waals surface area contributed by atoms with Crippen LogP contribution in [0.1, 0.15) is 50.4 Å². The highest BCUT2D eigenvalue weighted by atomic mass is 79.9. The second-order valence-electron chi connectivity index (χ2n) is 7.83. The van der Waals surface area contributed by atoms with Gasteiger partial charge in [-0.2, -0.15) is 0 Å². The van der Waals surface area contributed by atoms with E-state index in [2.05, 4.69) is 42.0 Å². The number of carbonyl (C=O) groups excluding carboxylic acids is 1. The minimum Gasteiger partial charge on any atom is -0.495 e. The lowest BCUT2D eigenvalue weighted by Crippen LogP contribution is -2.46. The molecule has 3 rings (SSSR count). The summed E-state index contributed by atoms with van der Waals surface area (Å²) in [6.07, 6.45) is 3.53. The van der Waals surface area contributed by atoms with E-state index in [0.29, 0.717) is 23.0 Å². The van der Waals surface area contributed by atoms with Gasteiger partial charge < -0.3 is 14.8 Å². The topological polar surface area (TPSA) is 47.6 Å². The molecule has 0 aromatic heterocycles. The van der Waals surface area contributed by atoms with Crippen molar-refractivity contribution in [1.82, 2.24) is 5.32 Å². The summed E-state index contributed by atoms with van der Waals surface area (Å²) in [5.41, 5.74) is 1.01. The highest BCUT2D eigenvalue weighted by Gasteiger charge is 2.61. The Morgan fingerprint density at radius 1 is 1.21 bits per heavy atom. The van der Waals surface area contributed by atoms with Crippen LogP contribution in [0.15, 0.2) is 16.6 Å². The molecule has 0 radical (unpaired) electrons. The first-order valence-electron chi connectivity index (χ1n) is 8.47. The summed E-state index contributed by atoms with van der Waals surface area (Å²) >= 11 is 3.44. The molecule has 2 aliphatic carbocycles. The van der Waals surface area contributed by atoms with E-state index in [1.807, 2.05) is 0 Å². The van der Waals surface area contributed by atoms with Crippen molar-refractivity contribution >= 4 is 21.8 Å². The Bertz CT molecular complexity index is 648. The maximum absolute atomic E-state index is 12.8. The quantitative estimate of drug-likeness (QED) is 0.820. The summed E-state index contributed by atoms with van der Waals surface area (Å²) in [4.78, 5) is 12.8. The van der Waals surface area contributed by atoms with Crippen molar-refractivity contribution in [2.75, 3.05) is 14.2 Å². The van der Waals surface area contributed by atoms with Gasteiger partial charge in [-0.3, -0.25) is 4.79 Å².